The van der Waals surface area contributed by atoms with Crippen LogP contribution in [0.15, 0.2) is 53.9 Å². The molecule has 0 aliphatic carbocycles. The minimum atomic E-state index is -0.539. The van der Waals surface area contributed by atoms with Gasteiger partial charge in [0, 0.05) is 21.7 Å². The van der Waals surface area contributed by atoms with Crippen LogP contribution in [-0.2, 0) is 16.1 Å². The van der Waals surface area contributed by atoms with Crippen LogP contribution >= 0.6 is 22.9 Å². The van der Waals surface area contributed by atoms with E-state index in [9.17, 15) is 9.59 Å². The monoisotopic (exact) mass is 415 g/mol. The maximum Gasteiger partial charge on any atom is 0.325 e. The molecule has 0 fully saturated rings. The van der Waals surface area contributed by atoms with Crippen LogP contribution in [-0.4, -0.2) is 23.4 Å². The molecule has 8 heteroatoms. The third kappa shape index (κ3) is 5.80. The Morgan fingerprint density at radius 1 is 1.11 bits per heavy atom. The fourth-order valence-corrected chi connectivity index (χ4v) is 3.09. The number of anilines is 2. The quantitative estimate of drug-likeness (QED) is 0.561. The summed E-state index contributed by atoms with van der Waals surface area (Å²) < 4.78 is 5.15. The summed E-state index contributed by atoms with van der Waals surface area (Å²) in [5.41, 5.74) is 3.18. The highest BCUT2D eigenvalue weighted by molar-refractivity contribution is 7.13. The Morgan fingerprint density at radius 3 is 2.54 bits per heavy atom. The van der Waals surface area contributed by atoms with E-state index in [-0.39, 0.29) is 19.1 Å². The molecule has 2 aromatic carbocycles. The number of aromatic nitrogens is 1. The Balaban J connectivity index is 1.43. The average Bonchev–Trinajstić information content (AvgIpc) is 3.14. The molecule has 2 N–H and O–H groups in total. The van der Waals surface area contributed by atoms with E-state index in [1.165, 1.54) is 16.9 Å². The van der Waals surface area contributed by atoms with Crippen molar-refractivity contribution in [3.05, 3.63) is 75.8 Å². The second-order valence-electron chi connectivity index (χ2n) is 5.99. The molecule has 0 saturated heterocycles. The number of hydrogen-bond acceptors (Lipinski definition) is 6. The summed E-state index contributed by atoms with van der Waals surface area (Å²) in [5.74, 6) is -0.907. The molecule has 0 unspecified atom stereocenters. The van der Waals surface area contributed by atoms with Gasteiger partial charge in [-0.15, -0.1) is 11.3 Å². The van der Waals surface area contributed by atoms with Gasteiger partial charge in [-0.2, -0.15) is 0 Å². The summed E-state index contributed by atoms with van der Waals surface area (Å²) >= 11 is 7.20. The van der Waals surface area contributed by atoms with Crippen molar-refractivity contribution >= 4 is 45.6 Å². The molecule has 6 nitrogen and oxygen atoms in total. The van der Waals surface area contributed by atoms with Gasteiger partial charge >= 0.3 is 5.97 Å². The Hall–Kier alpha value is -2.90. The van der Waals surface area contributed by atoms with Crippen molar-refractivity contribution in [1.82, 2.24) is 10.3 Å². The predicted octanol–water partition coefficient (Wildman–Crippen LogP) is 4.32. The number of nitrogens with one attached hydrogen (secondary N) is 2. The number of carbonyl (C=O) groups is 2. The van der Waals surface area contributed by atoms with Crippen LogP contribution in [0, 0.1) is 6.92 Å². The molecule has 0 saturated carbocycles. The van der Waals surface area contributed by atoms with Gasteiger partial charge < -0.3 is 15.4 Å². The van der Waals surface area contributed by atoms with Gasteiger partial charge in [0.25, 0.3) is 5.91 Å². The fraction of sp³-hybridized carbons (Fsp3) is 0.150. The van der Waals surface area contributed by atoms with E-state index >= 15 is 0 Å². The minimum absolute atomic E-state index is 0.0434. The van der Waals surface area contributed by atoms with Crippen molar-refractivity contribution in [1.29, 1.82) is 0 Å². The lowest BCUT2D eigenvalue weighted by Gasteiger charge is -2.06. The van der Waals surface area contributed by atoms with Crippen molar-refractivity contribution in [2.75, 3.05) is 11.9 Å². The van der Waals surface area contributed by atoms with Gasteiger partial charge in [-0.1, -0.05) is 29.3 Å². The van der Waals surface area contributed by atoms with Gasteiger partial charge in [0.05, 0.1) is 5.69 Å². The number of carbonyl (C=O) groups excluding carboxylic acids is 2. The number of benzene rings is 2. The zero-order chi connectivity index (χ0) is 19.9. The van der Waals surface area contributed by atoms with Gasteiger partial charge in [-0.3, -0.25) is 9.59 Å². The minimum Gasteiger partial charge on any atom is -0.458 e. The van der Waals surface area contributed by atoms with Crippen molar-refractivity contribution in [2.45, 2.75) is 13.5 Å². The molecule has 1 amide bonds. The molecule has 28 heavy (non-hydrogen) atoms. The van der Waals surface area contributed by atoms with E-state index < -0.39 is 5.97 Å². The second kappa shape index (κ2) is 9.34. The molecule has 0 spiro atoms. The first-order chi connectivity index (χ1) is 13.5. The van der Waals surface area contributed by atoms with Crippen molar-refractivity contribution in [3.8, 4) is 0 Å². The van der Waals surface area contributed by atoms with Crippen LogP contribution in [0.25, 0.3) is 0 Å². The SMILES string of the molecule is Cc1ccc(Nc2nc(COC(=O)CNC(=O)c3ccc(Cl)cc3)cs2)cc1. The van der Waals surface area contributed by atoms with Crippen LogP contribution in [0.5, 0.6) is 0 Å². The number of thiazole rings is 1. The Labute approximate surface area is 171 Å². The van der Waals surface area contributed by atoms with Crippen LogP contribution in [0.2, 0.25) is 5.02 Å². The number of nitrogens with zero attached hydrogens (tertiary/aromatic N) is 1. The van der Waals surface area contributed by atoms with Gasteiger partial charge in [0.15, 0.2) is 5.13 Å². The molecule has 1 aromatic heterocycles. The normalized spacial score (nSPS) is 10.4. The van der Waals surface area contributed by atoms with Crippen LogP contribution in [0.3, 0.4) is 0 Å². The Bertz CT molecular complexity index is 956. The highest BCUT2D eigenvalue weighted by Gasteiger charge is 2.10. The standard InChI is InChI=1S/C20H18ClN3O3S/c1-13-2-8-16(9-3-13)23-20-24-17(12-28-20)11-27-18(25)10-22-19(26)14-4-6-15(21)7-5-14/h2-9,12H,10-11H2,1H3,(H,22,26)(H,23,24). The number of amides is 1. The van der Waals surface area contributed by atoms with E-state index in [1.807, 2.05) is 36.6 Å². The molecular weight excluding hydrogens is 398 g/mol. The van der Waals surface area contributed by atoms with E-state index in [0.29, 0.717) is 21.4 Å². The van der Waals surface area contributed by atoms with Gasteiger partial charge in [0.1, 0.15) is 13.2 Å². The number of rotatable bonds is 7. The third-order valence-electron chi connectivity index (χ3n) is 3.74. The Kier molecular flexibility index (Phi) is 6.62. The molecule has 0 radical (unpaired) electrons. The lowest BCUT2D eigenvalue weighted by molar-refractivity contribution is -0.143. The lowest BCUT2D eigenvalue weighted by atomic mass is 10.2. The first kappa shape index (κ1) is 19.9. The highest BCUT2D eigenvalue weighted by atomic mass is 35.5. The van der Waals surface area contributed by atoms with Crippen LogP contribution < -0.4 is 10.6 Å². The van der Waals surface area contributed by atoms with Crippen LogP contribution in [0.1, 0.15) is 21.6 Å². The van der Waals surface area contributed by atoms with E-state index in [0.717, 1.165) is 5.69 Å². The Morgan fingerprint density at radius 2 is 1.82 bits per heavy atom. The van der Waals surface area contributed by atoms with Gasteiger partial charge in [-0.25, -0.2) is 4.98 Å². The lowest BCUT2D eigenvalue weighted by Crippen LogP contribution is -2.30. The molecule has 0 aliphatic heterocycles. The third-order valence-corrected chi connectivity index (χ3v) is 4.79. The molecular formula is C20H18ClN3O3S. The highest BCUT2D eigenvalue weighted by Crippen LogP contribution is 2.21. The van der Waals surface area contributed by atoms with Gasteiger partial charge in [0.2, 0.25) is 0 Å². The zero-order valence-electron chi connectivity index (χ0n) is 15.1. The summed E-state index contributed by atoms with van der Waals surface area (Å²) in [5, 5.41) is 8.78. The molecule has 0 bridgehead atoms. The van der Waals surface area contributed by atoms with Crippen molar-refractivity contribution < 1.29 is 14.3 Å². The van der Waals surface area contributed by atoms with E-state index in [4.69, 9.17) is 16.3 Å². The molecule has 0 aliphatic rings. The number of aryl methyl sites for hydroxylation is 1. The summed E-state index contributed by atoms with van der Waals surface area (Å²) in [6, 6.07) is 14.4. The van der Waals surface area contributed by atoms with Crippen LogP contribution in [0.4, 0.5) is 10.8 Å². The molecule has 3 aromatic rings. The van der Waals surface area contributed by atoms with Crippen molar-refractivity contribution in [2.24, 2.45) is 0 Å². The summed E-state index contributed by atoms with van der Waals surface area (Å²) in [6.07, 6.45) is 0. The summed E-state index contributed by atoms with van der Waals surface area (Å²) in [7, 11) is 0. The number of esters is 1. The summed E-state index contributed by atoms with van der Waals surface area (Å²) in [6.45, 7) is 1.85. The molecule has 0 atom stereocenters. The second-order valence-corrected chi connectivity index (χ2v) is 7.28. The number of ether oxygens (including phenoxy) is 1. The zero-order valence-corrected chi connectivity index (χ0v) is 16.6. The topological polar surface area (TPSA) is 80.3 Å². The fourth-order valence-electron chi connectivity index (χ4n) is 2.25. The molecule has 3 rings (SSSR count). The number of hydrogen-bond donors (Lipinski definition) is 2. The van der Waals surface area contributed by atoms with Gasteiger partial charge in [-0.05, 0) is 43.3 Å². The van der Waals surface area contributed by atoms with E-state index in [1.54, 1.807) is 24.3 Å². The van der Waals surface area contributed by atoms with Crippen molar-refractivity contribution in [3.63, 3.8) is 0 Å². The molecule has 144 valence electrons. The molecule has 1 heterocycles. The largest absolute Gasteiger partial charge is 0.458 e. The predicted molar refractivity (Wildman–Crippen MR) is 110 cm³/mol. The first-order valence-electron chi connectivity index (χ1n) is 8.47. The maximum atomic E-state index is 12.0. The van der Waals surface area contributed by atoms with E-state index in [2.05, 4.69) is 15.6 Å². The maximum absolute atomic E-state index is 12.0. The first-order valence-corrected chi connectivity index (χ1v) is 9.73. The summed E-state index contributed by atoms with van der Waals surface area (Å²) in [4.78, 5) is 28.2. The average molecular weight is 416 g/mol. The number of halogens is 1. The smallest absolute Gasteiger partial charge is 0.325 e.